The van der Waals surface area contributed by atoms with E-state index in [2.05, 4.69) is 15.9 Å². The Morgan fingerprint density at radius 2 is 2.04 bits per heavy atom. The predicted octanol–water partition coefficient (Wildman–Crippen LogP) is 3.91. The zero-order valence-corrected chi connectivity index (χ0v) is 14.7. The van der Waals surface area contributed by atoms with Crippen LogP contribution in [-0.2, 0) is 0 Å². The molecule has 0 spiro atoms. The third-order valence-corrected chi connectivity index (χ3v) is 4.70. The van der Waals surface area contributed by atoms with Gasteiger partial charge in [-0.3, -0.25) is 4.79 Å². The first kappa shape index (κ1) is 16.4. The highest BCUT2D eigenvalue weighted by atomic mass is 79.9. The van der Waals surface area contributed by atoms with Crippen molar-refractivity contribution in [3.8, 4) is 12.0 Å². The fraction of sp³-hybridized carbons (Fsp3) is 0.0526. The molecule has 0 aliphatic carbocycles. The maximum atomic E-state index is 13.5. The average Bonchev–Trinajstić information content (AvgIpc) is 2.60. The molecule has 7 heteroatoms. The first-order valence-electron chi connectivity index (χ1n) is 7.59. The lowest BCUT2D eigenvalue weighted by Crippen LogP contribution is -2.26. The molecule has 3 aromatic rings. The van der Waals surface area contributed by atoms with E-state index in [4.69, 9.17) is 14.9 Å². The Morgan fingerprint density at radius 1 is 1.23 bits per heavy atom. The van der Waals surface area contributed by atoms with Crippen molar-refractivity contribution in [1.29, 1.82) is 5.26 Å². The fourth-order valence-corrected chi connectivity index (χ4v) is 3.48. The Kier molecular flexibility index (Phi) is 3.78. The molecule has 4 rings (SSSR count). The molecule has 128 valence electrons. The second kappa shape index (κ2) is 6.00. The van der Waals surface area contributed by atoms with Crippen LogP contribution >= 0.6 is 15.9 Å². The Labute approximate surface area is 155 Å². The summed E-state index contributed by atoms with van der Waals surface area (Å²) < 4.78 is 25.3. The number of fused-ring (bicyclic) bond motifs is 2. The van der Waals surface area contributed by atoms with Crippen molar-refractivity contribution in [2.24, 2.45) is 5.73 Å². The van der Waals surface area contributed by atoms with Crippen LogP contribution in [0.1, 0.15) is 17.0 Å². The van der Waals surface area contributed by atoms with Crippen LogP contribution in [0.2, 0.25) is 0 Å². The molecule has 1 atom stereocenters. The number of nitriles is 1. The number of halogens is 2. The third kappa shape index (κ3) is 2.47. The summed E-state index contributed by atoms with van der Waals surface area (Å²) in [6, 6.07) is 12.8. The Balaban J connectivity index is 2.08. The van der Waals surface area contributed by atoms with E-state index in [1.54, 1.807) is 18.2 Å². The van der Waals surface area contributed by atoms with E-state index in [0.717, 1.165) is 10.5 Å². The van der Waals surface area contributed by atoms with Crippen molar-refractivity contribution in [2.45, 2.75) is 5.92 Å². The maximum absolute atomic E-state index is 13.5. The van der Waals surface area contributed by atoms with Gasteiger partial charge in [0.2, 0.25) is 11.3 Å². The third-order valence-electron chi connectivity index (χ3n) is 4.20. The highest BCUT2D eigenvalue weighted by Gasteiger charge is 2.35. The molecule has 0 saturated carbocycles. The standard InChI is InChI=1S/C19H10BrFN2O3/c20-10-3-1-2-9(6-10)15-13(8-22)18(23)26-19-16(15)17(24)12-5-4-11(21)7-14(12)25-19/h1-7,15H,23H2/t15-/m0/s1. The lowest BCUT2D eigenvalue weighted by atomic mass is 9.84. The number of nitrogens with two attached hydrogens (primary N) is 1. The van der Waals surface area contributed by atoms with Crippen LogP contribution < -0.4 is 15.9 Å². The summed E-state index contributed by atoms with van der Waals surface area (Å²) >= 11 is 3.39. The van der Waals surface area contributed by atoms with Crippen molar-refractivity contribution in [3.63, 3.8) is 0 Å². The van der Waals surface area contributed by atoms with Crippen LogP contribution in [0.5, 0.6) is 5.95 Å². The lowest BCUT2D eigenvalue weighted by Gasteiger charge is -2.24. The number of hydrogen-bond donors (Lipinski definition) is 1. The molecule has 1 aliphatic rings. The minimum Gasteiger partial charge on any atom is -0.425 e. The summed E-state index contributed by atoms with van der Waals surface area (Å²) in [6.45, 7) is 0. The highest BCUT2D eigenvalue weighted by molar-refractivity contribution is 9.10. The zero-order valence-electron chi connectivity index (χ0n) is 13.1. The van der Waals surface area contributed by atoms with E-state index in [1.165, 1.54) is 12.1 Å². The minimum atomic E-state index is -0.744. The molecule has 1 aromatic heterocycles. The molecule has 5 nitrogen and oxygen atoms in total. The molecular formula is C19H10BrFN2O3. The minimum absolute atomic E-state index is 0.0509. The van der Waals surface area contributed by atoms with Gasteiger partial charge in [-0.25, -0.2) is 4.39 Å². The van der Waals surface area contributed by atoms with E-state index < -0.39 is 17.2 Å². The van der Waals surface area contributed by atoms with Gasteiger partial charge in [0, 0.05) is 10.5 Å². The fourth-order valence-electron chi connectivity index (χ4n) is 3.07. The summed E-state index contributed by atoms with van der Waals surface area (Å²) in [5, 5.41) is 9.77. The normalized spacial score (nSPS) is 16.1. The molecule has 0 saturated heterocycles. The average molecular weight is 413 g/mol. The largest absolute Gasteiger partial charge is 0.425 e. The summed E-state index contributed by atoms with van der Waals surface area (Å²) in [4.78, 5) is 13.1. The molecule has 2 N–H and O–H groups in total. The summed E-state index contributed by atoms with van der Waals surface area (Å²) in [5.74, 6) is -1.56. The SMILES string of the molecule is N#CC1=C(N)Oc2oc3cc(F)ccc3c(=O)c2[C@H]1c1cccc(Br)c1. The van der Waals surface area contributed by atoms with Crippen LogP contribution in [0.4, 0.5) is 4.39 Å². The van der Waals surface area contributed by atoms with Crippen LogP contribution in [0.25, 0.3) is 11.0 Å². The van der Waals surface area contributed by atoms with Crippen LogP contribution in [0, 0.1) is 17.1 Å². The van der Waals surface area contributed by atoms with Crippen LogP contribution in [-0.4, -0.2) is 0 Å². The zero-order chi connectivity index (χ0) is 18.4. The van der Waals surface area contributed by atoms with Gasteiger partial charge >= 0.3 is 0 Å². The van der Waals surface area contributed by atoms with Gasteiger partial charge in [0.05, 0.1) is 16.9 Å². The van der Waals surface area contributed by atoms with Gasteiger partial charge in [-0.05, 0) is 29.8 Å². The van der Waals surface area contributed by atoms with Gasteiger partial charge < -0.3 is 14.9 Å². The number of hydrogen-bond acceptors (Lipinski definition) is 5. The summed E-state index contributed by atoms with van der Waals surface area (Å²) in [5.41, 5.74) is 6.49. The first-order valence-corrected chi connectivity index (χ1v) is 8.38. The van der Waals surface area contributed by atoms with E-state index in [9.17, 15) is 14.4 Å². The van der Waals surface area contributed by atoms with Gasteiger partial charge in [0.25, 0.3) is 5.95 Å². The number of allylic oxidation sites excluding steroid dienone is 1. The van der Waals surface area contributed by atoms with E-state index in [0.29, 0.717) is 5.56 Å². The molecule has 2 aromatic carbocycles. The monoisotopic (exact) mass is 412 g/mol. The van der Waals surface area contributed by atoms with Gasteiger partial charge in [-0.1, -0.05) is 28.1 Å². The predicted molar refractivity (Wildman–Crippen MR) is 95.9 cm³/mol. The quantitative estimate of drug-likeness (QED) is 0.654. The Bertz CT molecular complexity index is 1190. The molecule has 26 heavy (non-hydrogen) atoms. The number of ether oxygens (including phenoxy) is 1. The van der Waals surface area contributed by atoms with E-state index >= 15 is 0 Å². The van der Waals surface area contributed by atoms with Gasteiger partial charge in [-0.2, -0.15) is 5.26 Å². The smallest absolute Gasteiger partial charge is 0.300 e. The topological polar surface area (TPSA) is 89.2 Å². The Morgan fingerprint density at radius 3 is 2.77 bits per heavy atom. The summed E-state index contributed by atoms with van der Waals surface area (Å²) in [7, 11) is 0. The van der Waals surface area contributed by atoms with E-state index in [1.807, 2.05) is 12.1 Å². The Hall–Kier alpha value is -3.11. The second-order valence-electron chi connectivity index (χ2n) is 5.75. The molecule has 2 heterocycles. The van der Waals surface area contributed by atoms with Crippen LogP contribution in [0.3, 0.4) is 0 Å². The molecule has 0 radical (unpaired) electrons. The van der Waals surface area contributed by atoms with Crippen molar-refractivity contribution in [2.75, 3.05) is 0 Å². The molecule has 0 fully saturated rings. The van der Waals surface area contributed by atoms with Gasteiger partial charge in [0.1, 0.15) is 23.0 Å². The molecule has 0 amide bonds. The van der Waals surface area contributed by atoms with E-state index in [-0.39, 0.29) is 33.9 Å². The maximum Gasteiger partial charge on any atom is 0.300 e. The number of rotatable bonds is 1. The summed E-state index contributed by atoms with van der Waals surface area (Å²) in [6.07, 6.45) is 0. The molecule has 0 unspecified atom stereocenters. The lowest BCUT2D eigenvalue weighted by molar-refractivity contribution is 0.295. The van der Waals surface area contributed by atoms with Gasteiger partial charge in [-0.15, -0.1) is 0 Å². The first-order chi connectivity index (χ1) is 12.5. The molecule has 0 bridgehead atoms. The second-order valence-corrected chi connectivity index (χ2v) is 6.67. The number of nitrogens with zero attached hydrogens (tertiary/aromatic N) is 1. The van der Waals surface area contributed by atoms with Crippen molar-refractivity contribution >= 4 is 26.9 Å². The van der Waals surface area contributed by atoms with Gasteiger partial charge in [0.15, 0.2) is 0 Å². The van der Waals surface area contributed by atoms with Crippen LogP contribution in [0.15, 0.2) is 67.6 Å². The molecule has 1 aliphatic heterocycles. The number of benzene rings is 2. The van der Waals surface area contributed by atoms with Crippen molar-refractivity contribution in [1.82, 2.24) is 0 Å². The highest BCUT2D eigenvalue weighted by Crippen LogP contribution is 2.41. The van der Waals surface area contributed by atoms with Crippen molar-refractivity contribution in [3.05, 3.63) is 85.6 Å². The molecular weight excluding hydrogens is 403 g/mol. The van der Waals surface area contributed by atoms with Crippen molar-refractivity contribution < 1.29 is 13.5 Å².